The van der Waals surface area contributed by atoms with Crippen molar-refractivity contribution in [3.8, 4) is 5.75 Å². The fraction of sp³-hybridized carbons (Fsp3) is 0.136. The summed E-state index contributed by atoms with van der Waals surface area (Å²) in [7, 11) is 0. The van der Waals surface area contributed by atoms with Gasteiger partial charge in [-0.2, -0.15) is 0 Å². The third kappa shape index (κ3) is 3.06. The molecule has 4 rings (SSSR count). The van der Waals surface area contributed by atoms with Gasteiger partial charge in [0, 0.05) is 10.9 Å². The van der Waals surface area contributed by atoms with Gasteiger partial charge in [-0.15, -0.1) is 0 Å². The van der Waals surface area contributed by atoms with E-state index >= 15 is 0 Å². The van der Waals surface area contributed by atoms with Crippen LogP contribution in [0.25, 0.3) is 21.9 Å². The Bertz CT molecular complexity index is 1300. The smallest absolute Gasteiger partial charge is 0.378 e. The molecule has 0 saturated heterocycles. The van der Waals surface area contributed by atoms with E-state index < -0.39 is 23.0 Å². The van der Waals surface area contributed by atoms with Crippen molar-refractivity contribution in [2.75, 3.05) is 6.61 Å². The first-order valence-electron chi connectivity index (χ1n) is 9.05. The Morgan fingerprint density at radius 3 is 2.48 bits per heavy atom. The topological polar surface area (TPSA) is 98.7 Å². The lowest BCUT2D eigenvalue weighted by Gasteiger charge is -2.10. The first-order valence-corrected chi connectivity index (χ1v) is 9.05. The summed E-state index contributed by atoms with van der Waals surface area (Å²) >= 11 is 0. The van der Waals surface area contributed by atoms with Gasteiger partial charge < -0.3 is 14.3 Å². The van der Waals surface area contributed by atoms with Crippen molar-refractivity contribution in [1.29, 1.82) is 0 Å². The number of aromatic nitrogens is 1. The summed E-state index contributed by atoms with van der Waals surface area (Å²) in [4.78, 5) is 38.0. The van der Waals surface area contributed by atoms with E-state index in [-0.39, 0.29) is 29.9 Å². The van der Waals surface area contributed by atoms with Gasteiger partial charge in [-0.1, -0.05) is 42.5 Å². The third-order valence-corrected chi connectivity index (χ3v) is 4.64. The minimum absolute atomic E-state index is 0.0783. The number of benzene rings is 2. The molecule has 0 aliphatic heterocycles. The van der Waals surface area contributed by atoms with Crippen molar-refractivity contribution >= 4 is 33.6 Å². The molecule has 2 aromatic heterocycles. The van der Waals surface area contributed by atoms with Crippen LogP contribution in [0.5, 0.6) is 5.75 Å². The number of fused-ring (bicyclic) bond motifs is 3. The van der Waals surface area contributed by atoms with Crippen LogP contribution in [-0.2, 0) is 11.3 Å². The zero-order valence-corrected chi connectivity index (χ0v) is 15.5. The lowest BCUT2D eigenvalue weighted by Crippen LogP contribution is -2.24. The monoisotopic (exact) mass is 391 g/mol. The predicted molar refractivity (Wildman–Crippen MR) is 106 cm³/mol. The zero-order chi connectivity index (χ0) is 20.5. The van der Waals surface area contributed by atoms with Crippen molar-refractivity contribution in [2.24, 2.45) is 0 Å². The highest BCUT2D eigenvalue weighted by molar-refractivity contribution is 6.08. The summed E-state index contributed by atoms with van der Waals surface area (Å²) < 4.78 is 11.7. The van der Waals surface area contributed by atoms with Crippen LogP contribution in [-0.4, -0.2) is 28.0 Å². The second-order valence-electron chi connectivity index (χ2n) is 6.40. The Kier molecular flexibility index (Phi) is 4.64. The fourth-order valence-electron chi connectivity index (χ4n) is 3.31. The van der Waals surface area contributed by atoms with Crippen LogP contribution in [0.3, 0.4) is 0 Å². The number of carbonyl (C=O) groups excluding carboxylic acids is 2. The molecule has 0 fully saturated rings. The number of Topliss-reactive ketones (excluding diaryl/α,β-unsaturated/α-hetero) is 1. The Labute approximate surface area is 164 Å². The molecule has 0 spiro atoms. The van der Waals surface area contributed by atoms with E-state index in [1.807, 2.05) is 0 Å². The molecule has 0 saturated carbocycles. The van der Waals surface area contributed by atoms with Crippen LogP contribution in [0.1, 0.15) is 27.8 Å². The molecule has 146 valence electrons. The van der Waals surface area contributed by atoms with Gasteiger partial charge in [-0.25, -0.2) is 4.79 Å². The molecule has 4 aromatic rings. The number of carbonyl (C=O) groups is 2. The molecule has 7 heteroatoms. The van der Waals surface area contributed by atoms with Crippen molar-refractivity contribution in [3.05, 3.63) is 76.3 Å². The van der Waals surface area contributed by atoms with Crippen molar-refractivity contribution in [3.63, 3.8) is 0 Å². The molecule has 0 atom stereocenters. The average Bonchev–Trinajstić information content (AvgIpc) is 3.09. The van der Waals surface area contributed by atoms with E-state index in [2.05, 4.69) is 0 Å². The van der Waals surface area contributed by atoms with Gasteiger partial charge in [0.15, 0.2) is 17.1 Å². The summed E-state index contributed by atoms with van der Waals surface area (Å²) in [5, 5.41) is 10.8. The molecule has 2 aromatic carbocycles. The first kappa shape index (κ1) is 18.5. The number of ketones is 1. The molecule has 7 nitrogen and oxygen atoms in total. The average molecular weight is 391 g/mol. The van der Waals surface area contributed by atoms with E-state index in [1.165, 1.54) is 4.57 Å². The number of furan rings is 1. The summed E-state index contributed by atoms with van der Waals surface area (Å²) in [5.74, 6) is -2.14. The Balaban J connectivity index is 1.96. The minimum atomic E-state index is -0.864. The van der Waals surface area contributed by atoms with E-state index in [1.54, 1.807) is 61.5 Å². The lowest BCUT2D eigenvalue weighted by atomic mass is 10.1. The summed E-state index contributed by atoms with van der Waals surface area (Å²) in [6.45, 7) is 1.49. The fourth-order valence-corrected chi connectivity index (χ4v) is 3.31. The van der Waals surface area contributed by atoms with Crippen molar-refractivity contribution < 1.29 is 23.8 Å². The normalized spacial score (nSPS) is 11.1. The standard InChI is InChI=1S/C22H17NO6/c1-2-28-22(27)20-18(25)17-19(29-20)14-10-6-7-11-15(14)23(21(17)26)12-16(24)13-8-4-3-5-9-13/h3-11,25H,2,12H2,1H3. The molecule has 0 aliphatic carbocycles. The molecule has 0 unspecified atom stereocenters. The van der Waals surface area contributed by atoms with Crippen LogP contribution < -0.4 is 5.56 Å². The number of esters is 1. The second kappa shape index (κ2) is 7.27. The van der Waals surface area contributed by atoms with Crippen LogP contribution in [0.2, 0.25) is 0 Å². The van der Waals surface area contributed by atoms with Crippen molar-refractivity contribution in [1.82, 2.24) is 4.57 Å². The number of pyridine rings is 1. The molecule has 0 aliphatic rings. The number of aromatic hydroxyl groups is 1. The summed E-state index contributed by atoms with van der Waals surface area (Å²) in [6, 6.07) is 15.5. The largest absolute Gasteiger partial charge is 0.503 e. The SMILES string of the molecule is CCOC(=O)c1oc2c(c1O)c(=O)n(CC(=O)c1ccccc1)c1ccccc21. The molecular formula is C22H17NO6. The van der Waals surface area contributed by atoms with Crippen LogP contribution in [0.4, 0.5) is 0 Å². The summed E-state index contributed by atoms with van der Waals surface area (Å²) in [6.07, 6.45) is 0. The van der Waals surface area contributed by atoms with E-state index in [0.717, 1.165) is 0 Å². The van der Waals surface area contributed by atoms with Crippen LogP contribution >= 0.6 is 0 Å². The number of rotatable bonds is 5. The number of hydrogen-bond donors (Lipinski definition) is 1. The Hall–Kier alpha value is -3.87. The van der Waals surface area contributed by atoms with E-state index in [0.29, 0.717) is 16.5 Å². The van der Waals surface area contributed by atoms with E-state index in [9.17, 15) is 19.5 Å². The number of para-hydroxylation sites is 1. The second-order valence-corrected chi connectivity index (χ2v) is 6.40. The number of hydrogen-bond acceptors (Lipinski definition) is 6. The first-order chi connectivity index (χ1) is 14.0. The predicted octanol–water partition coefficient (Wildman–Crippen LogP) is 3.51. The summed E-state index contributed by atoms with van der Waals surface area (Å²) in [5.41, 5.74) is 0.375. The Morgan fingerprint density at radius 1 is 1.07 bits per heavy atom. The Morgan fingerprint density at radius 2 is 1.76 bits per heavy atom. The maximum absolute atomic E-state index is 13.2. The molecule has 0 radical (unpaired) electrons. The number of nitrogens with zero attached hydrogens (tertiary/aromatic N) is 1. The maximum atomic E-state index is 13.2. The molecule has 2 heterocycles. The molecule has 29 heavy (non-hydrogen) atoms. The van der Waals surface area contributed by atoms with Gasteiger partial charge >= 0.3 is 5.97 Å². The highest BCUT2D eigenvalue weighted by atomic mass is 16.5. The van der Waals surface area contributed by atoms with Crippen molar-refractivity contribution in [2.45, 2.75) is 13.5 Å². The minimum Gasteiger partial charge on any atom is -0.503 e. The maximum Gasteiger partial charge on any atom is 0.378 e. The van der Waals surface area contributed by atoms with E-state index in [4.69, 9.17) is 9.15 Å². The lowest BCUT2D eigenvalue weighted by molar-refractivity contribution is 0.0488. The quantitative estimate of drug-likeness (QED) is 0.413. The molecule has 0 amide bonds. The molecule has 0 bridgehead atoms. The van der Waals surface area contributed by atoms with Gasteiger partial charge in [-0.3, -0.25) is 14.2 Å². The molecule has 1 N–H and O–H groups in total. The highest BCUT2D eigenvalue weighted by Gasteiger charge is 2.27. The molecular weight excluding hydrogens is 374 g/mol. The number of ether oxygens (including phenoxy) is 1. The van der Waals surface area contributed by atoms with Gasteiger partial charge in [0.1, 0.15) is 5.39 Å². The van der Waals surface area contributed by atoms with Gasteiger partial charge in [-0.05, 0) is 19.1 Å². The third-order valence-electron chi connectivity index (χ3n) is 4.64. The van der Waals surface area contributed by atoms with Gasteiger partial charge in [0.05, 0.1) is 18.7 Å². The van der Waals surface area contributed by atoms with Crippen LogP contribution in [0, 0.1) is 0 Å². The van der Waals surface area contributed by atoms with Crippen LogP contribution in [0.15, 0.2) is 63.8 Å². The highest BCUT2D eigenvalue weighted by Crippen LogP contribution is 2.34. The van der Waals surface area contributed by atoms with Gasteiger partial charge in [0.25, 0.3) is 11.3 Å². The zero-order valence-electron chi connectivity index (χ0n) is 15.5. The van der Waals surface area contributed by atoms with Gasteiger partial charge in [0.2, 0.25) is 0 Å².